The molecule has 20 heavy (non-hydrogen) atoms. The van der Waals surface area contributed by atoms with Gasteiger partial charge in [-0.3, -0.25) is 4.79 Å². The number of hydrogen-bond donors (Lipinski definition) is 1. The van der Waals surface area contributed by atoms with Crippen molar-refractivity contribution in [1.82, 2.24) is 4.90 Å². The van der Waals surface area contributed by atoms with Gasteiger partial charge in [0, 0.05) is 24.7 Å². The van der Waals surface area contributed by atoms with Gasteiger partial charge in [-0.15, -0.1) is 0 Å². The first kappa shape index (κ1) is 13.4. The minimum absolute atomic E-state index is 0.0646. The van der Waals surface area contributed by atoms with E-state index in [9.17, 15) is 4.79 Å². The summed E-state index contributed by atoms with van der Waals surface area (Å²) in [6.45, 7) is 1.42. The average Bonchev–Trinajstić information content (AvgIpc) is 3.10. The lowest BCUT2D eigenvalue weighted by molar-refractivity contribution is 0.0790. The molecule has 0 aromatic heterocycles. The third kappa shape index (κ3) is 2.96. The highest BCUT2D eigenvalue weighted by Crippen LogP contribution is 2.25. The van der Waals surface area contributed by atoms with Gasteiger partial charge in [0.25, 0.3) is 5.91 Å². The number of nitrogens with zero attached hydrogens (tertiary/aromatic N) is 1. The molecule has 4 heteroatoms. The summed E-state index contributed by atoms with van der Waals surface area (Å²) in [4.78, 5) is 14.2. The Morgan fingerprint density at radius 2 is 2.05 bits per heavy atom. The van der Waals surface area contributed by atoms with E-state index in [2.05, 4.69) is 0 Å². The Labute approximate surface area is 119 Å². The highest BCUT2D eigenvalue weighted by atomic mass is 16.5. The van der Waals surface area contributed by atoms with E-state index in [4.69, 9.17) is 10.5 Å². The van der Waals surface area contributed by atoms with Crippen LogP contribution in [0.15, 0.2) is 24.3 Å². The van der Waals surface area contributed by atoms with Crippen LogP contribution in [-0.4, -0.2) is 36.0 Å². The van der Waals surface area contributed by atoms with Crippen molar-refractivity contribution in [3.05, 3.63) is 29.8 Å². The lowest BCUT2D eigenvalue weighted by Crippen LogP contribution is -2.31. The van der Waals surface area contributed by atoms with Crippen molar-refractivity contribution < 1.29 is 9.53 Å². The predicted octanol–water partition coefficient (Wildman–Crippen LogP) is 2.18. The van der Waals surface area contributed by atoms with E-state index in [1.165, 1.54) is 12.8 Å². The second-order valence-corrected chi connectivity index (χ2v) is 5.85. The molecule has 2 aliphatic rings. The zero-order valence-electron chi connectivity index (χ0n) is 11.8. The minimum atomic E-state index is 0.0646. The van der Waals surface area contributed by atoms with Gasteiger partial charge in [0.1, 0.15) is 5.75 Å². The number of likely N-dealkylation sites (tertiary alicyclic amines) is 1. The summed E-state index contributed by atoms with van der Waals surface area (Å²) in [5, 5.41) is 0. The summed E-state index contributed by atoms with van der Waals surface area (Å²) in [6.07, 6.45) is 5.95. The lowest BCUT2D eigenvalue weighted by atomic mass is 10.2. The van der Waals surface area contributed by atoms with Gasteiger partial charge in [0.2, 0.25) is 0 Å². The number of amides is 1. The van der Waals surface area contributed by atoms with Gasteiger partial charge < -0.3 is 15.4 Å². The standard InChI is InChI=1S/C16H22N2O2/c17-13-8-9-18(11-13)16(19)12-4-3-7-15(10-12)20-14-5-1-2-6-14/h3-4,7,10,13-14H,1-2,5-6,8-9,11,17H2/t13-/m0/s1. The van der Waals surface area contributed by atoms with Gasteiger partial charge in [-0.05, 0) is 50.3 Å². The molecule has 2 fully saturated rings. The molecule has 0 bridgehead atoms. The number of carbonyl (C=O) groups excluding carboxylic acids is 1. The quantitative estimate of drug-likeness (QED) is 0.919. The third-order valence-corrected chi connectivity index (χ3v) is 4.20. The van der Waals surface area contributed by atoms with Gasteiger partial charge >= 0.3 is 0 Å². The molecule has 1 saturated heterocycles. The fraction of sp³-hybridized carbons (Fsp3) is 0.562. The largest absolute Gasteiger partial charge is 0.490 e. The number of ether oxygens (including phenoxy) is 1. The normalized spacial score (nSPS) is 23.2. The number of nitrogens with two attached hydrogens (primary N) is 1. The van der Waals surface area contributed by atoms with Crippen molar-refractivity contribution in [3.63, 3.8) is 0 Å². The summed E-state index contributed by atoms with van der Waals surface area (Å²) in [5.74, 6) is 0.876. The first-order valence-electron chi connectivity index (χ1n) is 7.54. The highest BCUT2D eigenvalue weighted by molar-refractivity contribution is 5.94. The number of hydrogen-bond acceptors (Lipinski definition) is 3. The Hall–Kier alpha value is -1.55. The molecule has 2 N–H and O–H groups in total. The molecule has 0 radical (unpaired) electrons. The lowest BCUT2D eigenvalue weighted by Gasteiger charge is -2.17. The van der Waals surface area contributed by atoms with E-state index in [1.807, 2.05) is 29.2 Å². The molecule has 0 spiro atoms. The van der Waals surface area contributed by atoms with Crippen LogP contribution in [0.3, 0.4) is 0 Å². The van der Waals surface area contributed by atoms with Crippen molar-refractivity contribution >= 4 is 5.91 Å². The average molecular weight is 274 g/mol. The maximum Gasteiger partial charge on any atom is 0.254 e. The molecule has 0 unspecified atom stereocenters. The molecule has 1 aromatic rings. The molecule has 1 aromatic carbocycles. The zero-order chi connectivity index (χ0) is 13.9. The molecule has 1 aliphatic heterocycles. The topological polar surface area (TPSA) is 55.6 Å². The van der Waals surface area contributed by atoms with Gasteiger partial charge in [-0.2, -0.15) is 0 Å². The van der Waals surface area contributed by atoms with Crippen LogP contribution in [0.1, 0.15) is 42.5 Å². The first-order chi connectivity index (χ1) is 9.72. The Morgan fingerprint density at radius 3 is 2.75 bits per heavy atom. The Kier molecular flexibility index (Phi) is 3.92. The van der Waals surface area contributed by atoms with E-state index in [0.29, 0.717) is 18.2 Å². The van der Waals surface area contributed by atoms with Crippen LogP contribution >= 0.6 is 0 Å². The van der Waals surface area contributed by atoms with Gasteiger partial charge in [0.15, 0.2) is 0 Å². The third-order valence-electron chi connectivity index (χ3n) is 4.20. The maximum absolute atomic E-state index is 12.4. The fourth-order valence-electron chi connectivity index (χ4n) is 3.06. The molecule has 1 amide bonds. The summed E-state index contributed by atoms with van der Waals surface area (Å²) in [6, 6.07) is 7.67. The maximum atomic E-state index is 12.4. The molecule has 3 rings (SSSR count). The molecule has 4 nitrogen and oxygen atoms in total. The fourth-order valence-corrected chi connectivity index (χ4v) is 3.06. The van der Waals surface area contributed by atoms with Crippen LogP contribution in [-0.2, 0) is 0 Å². The van der Waals surface area contributed by atoms with E-state index in [-0.39, 0.29) is 11.9 Å². The molecule has 1 heterocycles. The zero-order valence-corrected chi connectivity index (χ0v) is 11.8. The molecular weight excluding hydrogens is 252 g/mol. The number of carbonyl (C=O) groups is 1. The van der Waals surface area contributed by atoms with Gasteiger partial charge in [-0.25, -0.2) is 0 Å². The van der Waals surface area contributed by atoms with E-state index < -0.39 is 0 Å². The Morgan fingerprint density at radius 1 is 1.25 bits per heavy atom. The monoisotopic (exact) mass is 274 g/mol. The van der Waals surface area contributed by atoms with Crippen molar-refractivity contribution in [1.29, 1.82) is 0 Å². The van der Waals surface area contributed by atoms with Crippen LogP contribution in [0.5, 0.6) is 5.75 Å². The summed E-state index contributed by atoms with van der Waals surface area (Å²) >= 11 is 0. The van der Waals surface area contributed by atoms with Crippen LogP contribution in [0.25, 0.3) is 0 Å². The Bertz CT molecular complexity index is 483. The first-order valence-corrected chi connectivity index (χ1v) is 7.54. The SMILES string of the molecule is N[C@H]1CCN(C(=O)c2cccc(OC3CCCC3)c2)C1. The minimum Gasteiger partial charge on any atom is -0.490 e. The van der Waals surface area contributed by atoms with Crippen LogP contribution < -0.4 is 10.5 Å². The van der Waals surface area contributed by atoms with Gasteiger partial charge in [0.05, 0.1) is 6.10 Å². The molecule has 1 saturated carbocycles. The number of benzene rings is 1. The summed E-state index contributed by atoms with van der Waals surface area (Å²) in [7, 11) is 0. The van der Waals surface area contributed by atoms with Crippen LogP contribution in [0, 0.1) is 0 Å². The van der Waals surface area contributed by atoms with E-state index in [0.717, 1.165) is 31.6 Å². The highest BCUT2D eigenvalue weighted by Gasteiger charge is 2.25. The van der Waals surface area contributed by atoms with Crippen molar-refractivity contribution in [2.75, 3.05) is 13.1 Å². The Balaban J connectivity index is 1.68. The van der Waals surface area contributed by atoms with Crippen LogP contribution in [0.4, 0.5) is 0 Å². The van der Waals surface area contributed by atoms with Crippen molar-refractivity contribution in [2.45, 2.75) is 44.2 Å². The van der Waals surface area contributed by atoms with E-state index in [1.54, 1.807) is 0 Å². The van der Waals surface area contributed by atoms with Crippen molar-refractivity contribution in [2.24, 2.45) is 5.73 Å². The summed E-state index contributed by atoms with van der Waals surface area (Å²) in [5.41, 5.74) is 6.56. The molecule has 108 valence electrons. The summed E-state index contributed by atoms with van der Waals surface area (Å²) < 4.78 is 5.95. The number of rotatable bonds is 3. The van der Waals surface area contributed by atoms with Crippen molar-refractivity contribution in [3.8, 4) is 5.75 Å². The smallest absolute Gasteiger partial charge is 0.254 e. The second-order valence-electron chi connectivity index (χ2n) is 5.85. The van der Waals surface area contributed by atoms with Crippen LogP contribution in [0.2, 0.25) is 0 Å². The predicted molar refractivity (Wildman–Crippen MR) is 77.8 cm³/mol. The second kappa shape index (κ2) is 5.83. The molecule has 1 atom stereocenters. The molecular formula is C16H22N2O2. The van der Waals surface area contributed by atoms with Gasteiger partial charge in [-0.1, -0.05) is 6.07 Å². The molecule has 1 aliphatic carbocycles. The van der Waals surface area contributed by atoms with E-state index >= 15 is 0 Å².